The first-order chi connectivity index (χ1) is 11.6. The van der Waals surface area contributed by atoms with E-state index in [1.54, 1.807) is 0 Å². The summed E-state index contributed by atoms with van der Waals surface area (Å²) >= 11 is 6.08. The number of likely N-dealkylation sites (N-methyl/N-ethyl adjacent to an activating group) is 1. The minimum atomic E-state index is -3.80. The maximum atomic E-state index is 12.1. The Balaban J connectivity index is 3.08. The van der Waals surface area contributed by atoms with Crippen LogP contribution >= 0.6 is 11.6 Å². The standard InChI is InChI=1S/C15H22ClN3O5S/c1-18(2)8-7-17-14(20)10-19(25(4,22)23)13-9-11(15(21)24-3)5-6-12(13)16/h5-6,9H,7-8,10H2,1-4H3,(H,17,20). The average Bonchev–Trinajstić information content (AvgIpc) is 2.51. The molecule has 1 aromatic carbocycles. The van der Waals surface area contributed by atoms with Crippen LogP contribution in [0.15, 0.2) is 18.2 Å². The zero-order valence-corrected chi connectivity index (χ0v) is 16.1. The smallest absolute Gasteiger partial charge is 0.337 e. The first-order valence-electron chi connectivity index (χ1n) is 7.33. The molecular formula is C15H22ClN3O5S. The van der Waals surface area contributed by atoms with Gasteiger partial charge in [0.2, 0.25) is 15.9 Å². The van der Waals surface area contributed by atoms with Crippen LogP contribution in [0.3, 0.4) is 0 Å². The molecule has 0 unspecified atom stereocenters. The molecule has 0 fully saturated rings. The van der Waals surface area contributed by atoms with Gasteiger partial charge >= 0.3 is 5.97 Å². The van der Waals surface area contributed by atoms with Gasteiger partial charge in [0.15, 0.2) is 0 Å². The summed E-state index contributed by atoms with van der Waals surface area (Å²) in [6.45, 7) is 0.541. The van der Waals surface area contributed by atoms with Gasteiger partial charge in [-0.2, -0.15) is 0 Å². The van der Waals surface area contributed by atoms with E-state index in [9.17, 15) is 18.0 Å². The molecule has 0 saturated heterocycles. The number of hydrogen-bond acceptors (Lipinski definition) is 6. The number of halogens is 1. The normalized spacial score (nSPS) is 11.3. The highest BCUT2D eigenvalue weighted by Crippen LogP contribution is 2.29. The highest BCUT2D eigenvalue weighted by atomic mass is 35.5. The van der Waals surface area contributed by atoms with Gasteiger partial charge in [0.25, 0.3) is 0 Å². The van der Waals surface area contributed by atoms with E-state index in [4.69, 9.17) is 11.6 Å². The predicted molar refractivity (Wildman–Crippen MR) is 96.5 cm³/mol. The molecule has 10 heteroatoms. The Bertz CT molecular complexity index is 737. The Morgan fingerprint density at radius 1 is 1.28 bits per heavy atom. The summed E-state index contributed by atoms with van der Waals surface area (Å²) in [6.07, 6.45) is 0.960. The first-order valence-corrected chi connectivity index (χ1v) is 9.56. The van der Waals surface area contributed by atoms with Crippen LogP contribution in [-0.2, 0) is 19.6 Å². The van der Waals surface area contributed by atoms with E-state index in [0.29, 0.717) is 13.1 Å². The third kappa shape index (κ3) is 6.52. The molecule has 0 aromatic heterocycles. The summed E-state index contributed by atoms with van der Waals surface area (Å²) in [5, 5.41) is 2.73. The molecule has 0 spiro atoms. The first kappa shape index (κ1) is 21.2. The molecule has 0 bridgehead atoms. The Morgan fingerprint density at radius 2 is 1.92 bits per heavy atom. The number of esters is 1. The van der Waals surface area contributed by atoms with Crippen LogP contribution in [0.5, 0.6) is 0 Å². The van der Waals surface area contributed by atoms with Crippen molar-refractivity contribution in [1.29, 1.82) is 0 Å². The van der Waals surface area contributed by atoms with Crippen molar-refractivity contribution in [2.24, 2.45) is 0 Å². The number of ether oxygens (including phenoxy) is 1. The number of benzene rings is 1. The van der Waals surface area contributed by atoms with Crippen molar-refractivity contribution in [1.82, 2.24) is 10.2 Å². The molecule has 25 heavy (non-hydrogen) atoms. The lowest BCUT2D eigenvalue weighted by molar-refractivity contribution is -0.119. The van der Waals surface area contributed by atoms with Gasteiger partial charge in [-0.05, 0) is 32.3 Å². The number of rotatable bonds is 8. The van der Waals surface area contributed by atoms with Crippen molar-refractivity contribution in [2.45, 2.75) is 0 Å². The van der Waals surface area contributed by atoms with Gasteiger partial charge in [0.05, 0.1) is 29.6 Å². The van der Waals surface area contributed by atoms with Gasteiger partial charge in [-0.15, -0.1) is 0 Å². The minimum absolute atomic E-state index is 0.0369. The molecule has 0 heterocycles. The number of nitrogens with one attached hydrogen (secondary N) is 1. The predicted octanol–water partition coefficient (Wildman–Crippen LogP) is 0.570. The Kier molecular flexibility index (Phi) is 7.65. The van der Waals surface area contributed by atoms with Crippen molar-refractivity contribution >= 4 is 39.2 Å². The van der Waals surface area contributed by atoms with Crippen LogP contribution in [0, 0.1) is 0 Å². The Labute approximate surface area is 152 Å². The number of hydrogen-bond donors (Lipinski definition) is 1. The van der Waals surface area contributed by atoms with Crippen molar-refractivity contribution in [3.05, 3.63) is 28.8 Å². The second-order valence-electron chi connectivity index (χ2n) is 5.58. The Morgan fingerprint density at radius 3 is 2.44 bits per heavy atom. The van der Waals surface area contributed by atoms with Gasteiger partial charge in [0, 0.05) is 13.1 Å². The van der Waals surface area contributed by atoms with Crippen molar-refractivity contribution < 1.29 is 22.7 Å². The van der Waals surface area contributed by atoms with Crippen LogP contribution in [-0.4, -0.2) is 72.3 Å². The van der Waals surface area contributed by atoms with Crippen LogP contribution in [0.4, 0.5) is 5.69 Å². The lowest BCUT2D eigenvalue weighted by atomic mass is 10.2. The summed E-state index contributed by atoms with van der Waals surface area (Å²) < 4.78 is 29.7. The summed E-state index contributed by atoms with van der Waals surface area (Å²) in [7, 11) is 1.12. The zero-order valence-electron chi connectivity index (χ0n) is 14.6. The highest BCUT2D eigenvalue weighted by molar-refractivity contribution is 7.92. The molecule has 0 aliphatic heterocycles. The van der Waals surface area contributed by atoms with Crippen LogP contribution in [0.2, 0.25) is 5.02 Å². The Hall–Kier alpha value is -1.84. The molecule has 0 atom stereocenters. The summed E-state index contributed by atoms with van der Waals surface area (Å²) in [6, 6.07) is 4.07. The zero-order chi connectivity index (χ0) is 19.2. The van der Waals surface area contributed by atoms with E-state index in [-0.39, 0.29) is 16.3 Å². The summed E-state index contributed by atoms with van der Waals surface area (Å²) in [5.41, 5.74) is 0.165. The fourth-order valence-corrected chi connectivity index (χ4v) is 3.06. The second-order valence-corrected chi connectivity index (χ2v) is 7.89. The maximum absolute atomic E-state index is 12.1. The van der Waals surface area contributed by atoms with Gasteiger partial charge in [0.1, 0.15) is 6.54 Å². The molecule has 0 aliphatic rings. The summed E-state index contributed by atoms with van der Waals surface area (Å²) in [4.78, 5) is 25.6. The molecule has 1 rings (SSSR count). The van der Waals surface area contributed by atoms with E-state index >= 15 is 0 Å². The molecule has 0 aliphatic carbocycles. The summed E-state index contributed by atoms with van der Waals surface area (Å²) in [5.74, 6) is -1.12. The highest BCUT2D eigenvalue weighted by Gasteiger charge is 2.24. The number of amides is 1. The van der Waals surface area contributed by atoms with Crippen molar-refractivity contribution in [3.8, 4) is 0 Å². The molecule has 140 valence electrons. The number of anilines is 1. The quantitative estimate of drug-likeness (QED) is 0.651. The number of carbonyl (C=O) groups excluding carboxylic acids is 2. The van der Waals surface area contributed by atoms with E-state index in [0.717, 1.165) is 10.6 Å². The van der Waals surface area contributed by atoms with Gasteiger partial charge in [-0.25, -0.2) is 13.2 Å². The molecule has 1 amide bonds. The van der Waals surface area contributed by atoms with Crippen molar-refractivity contribution in [3.63, 3.8) is 0 Å². The fourth-order valence-electron chi connectivity index (χ4n) is 1.93. The number of nitrogens with zero attached hydrogens (tertiary/aromatic N) is 2. The molecule has 1 N–H and O–H groups in total. The van der Waals surface area contributed by atoms with E-state index in [1.165, 1.54) is 25.3 Å². The molecule has 1 aromatic rings. The van der Waals surface area contributed by atoms with Gasteiger partial charge < -0.3 is 15.0 Å². The largest absolute Gasteiger partial charge is 0.465 e. The van der Waals surface area contributed by atoms with Crippen molar-refractivity contribution in [2.75, 3.05) is 51.4 Å². The van der Waals surface area contributed by atoms with E-state index in [2.05, 4.69) is 10.1 Å². The third-order valence-electron chi connectivity index (χ3n) is 3.20. The fraction of sp³-hybridized carbons (Fsp3) is 0.467. The number of carbonyl (C=O) groups is 2. The van der Waals surface area contributed by atoms with Gasteiger partial charge in [-0.1, -0.05) is 11.6 Å². The van der Waals surface area contributed by atoms with Crippen LogP contribution in [0.1, 0.15) is 10.4 Å². The second kappa shape index (κ2) is 9.02. The third-order valence-corrected chi connectivity index (χ3v) is 4.65. The minimum Gasteiger partial charge on any atom is -0.465 e. The number of methoxy groups -OCH3 is 1. The average molecular weight is 392 g/mol. The molecular weight excluding hydrogens is 370 g/mol. The monoisotopic (exact) mass is 391 g/mol. The molecule has 0 saturated carbocycles. The molecule has 8 nitrogen and oxygen atoms in total. The lowest BCUT2D eigenvalue weighted by Crippen LogP contribution is -2.42. The lowest BCUT2D eigenvalue weighted by Gasteiger charge is -2.23. The number of sulfonamides is 1. The molecule has 0 radical (unpaired) electrons. The van der Waals surface area contributed by atoms with Crippen LogP contribution < -0.4 is 9.62 Å². The maximum Gasteiger partial charge on any atom is 0.337 e. The van der Waals surface area contributed by atoms with Gasteiger partial charge in [-0.3, -0.25) is 9.10 Å². The van der Waals surface area contributed by atoms with E-state index < -0.39 is 28.4 Å². The topological polar surface area (TPSA) is 96.0 Å². The van der Waals surface area contributed by atoms with Crippen LogP contribution in [0.25, 0.3) is 0 Å². The SMILES string of the molecule is COC(=O)c1ccc(Cl)c(N(CC(=O)NCCN(C)C)S(C)(=O)=O)c1. The van der Waals surface area contributed by atoms with E-state index in [1.807, 2.05) is 19.0 Å².